The van der Waals surface area contributed by atoms with Gasteiger partial charge in [-0.05, 0) is 61.8 Å². The third-order valence-corrected chi connectivity index (χ3v) is 5.66. The van der Waals surface area contributed by atoms with Crippen LogP contribution in [0, 0.1) is 17.6 Å². The minimum Gasteiger partial charge on any atom is -0.491 e. The molecule has 1 aliphatic rings. The van der Waals surface area contributed by atoms with Gasteiger partial charge in [0.15, 0.2) is 22.7 Å². The van der Waals surface area contributed by atoms with E-state index in [-0.39, 0.29) is 28.7 Å². The third-order valence-electron chi connectivity index (χ3n) is 5.66. The number of rotatable bonds is 5. The van der Waals surface area contributed by atoms with Crippen LogP contribution in [0.15, 0.2) is 28.7 Å². The molecule has 0 N–H and O–H groups in total. The van der Waals surface area contributed by atoms with Crippen molar-refractivity contribution in [3.8, 4) is 5.75 Å². The molecule has 0 radical (unpaired) electrons. The summed E-state index contributed by atoms with van der Waals surface area (Å²) in [5.74, 6) is 0.149. The second kappa shape index (κ2) is 6.90. The lowest BCUT2D eigenvalue weighted by molar-refractivity contribution is 0.321. The molecule has 1 fully saturated rings. The smallest absolute Gasteiger partial charge is 0.208 e. The number of hydrogen-bond donors (Lipinski definition) is 0. The zero-order valence-electron chi connectivity index (χ0n) is 15.3. The standard InChI is InChI=1S/C22H24F2O2/c1-3-5-13-6-7-14(12-13)15-8-9-16-17-10-11-18(25-4-2)20(24)22(17)26-21(16)19(15)23/h8-11,13-14H,3-7,12H2,1-2H3. The Kier molecular flexibility index (Phi) is 4.60. The van der Waals surface area contributed by atoms with Gasteiger partial charge in [-0.2, -0.15) is 4.39 Å². The van der Waals surface area contributed by atoms with Crippen molar-refractivity contribution in [3.63, 3.8) is 0 Å². The number of furan rings is 1. The maximum Gasteiger partial charge on any atom is 0.208 e. The van der Waals surface area contributed by atoms with Crippen molar-refractivity contribution < 1.29 is 17.9 Å². The molecule has 1 aromatic heterocycles. The van der Waals surface area contributed by atoms with Crippen molar-refractivity contribution >= 4 is 21.9 Å². The average Bonchev–Trinajstić information content (AvgIpc) is 3.24. The van der Waals surface area contributed by atoms with Gasteiger partial charge in [0, 0.05) is 10.8 Å². The average molecular weight is 358 g/mol. The van der Waals surface area contributed by atoms with Gasteiger partial charge in [0.05, 0.1) is 6.61 Å². The van der Waals surface area contributed by atoms with E-state index in [1.165, 1.54) is 12.8 Å². The summed E-state index contributed by atoms with van der Waals surface area (Å²) in [6.07, 6.45) is 5.57. The molecule has 0 amide bonds. The molecule has 1 saturated carbocycles. The van der Waals surface area contributed by atoms with Gasteiger partial charge in [-0.3, -0.25) is 0 Å². The summed E-state index contributed by atoms with van der Waals surface area (Å²) >= 11 is 0. The highest BCUT2D eigenvalue weighted by molar-refractivity contribution is 6.05. The molecule has 0 aliphatic heterocycles. The van der Waals surface area contributed by atoms with E-state index in [9.17, 15) is 4.39 Å². The Morgan fingerprint density at radius 1 is 1.00 bits per heavy atom. The summed E-state index contributed by atoms with van der Waals surface area (Å²) < 4.78 is 40.8. The van der Waals surface area contributed by atoms with Crippen molar-refractivity contribution in [2.75, 3.05) is 6.61 Å². The van der Waals surface area contributed by atoms with Gasteiger partial charge < -0.3 is 9.15 Å². The van der Waals surface area contributed by atoms with Gasteiger partial charge in [0.1, 0.15) is 0 Å². The van der Waals surface area contributed by atoms with Crippen molar-refractivity contribution in [1.82, 2.24) is 0 Å². The number of halogens is 2. The zero-order chi connectivity index (χ0) is 18.3. The molecular formula is C22H24F2O2. The van der Waals surface area contributed by atoms with Crippen molar-refractivity contribution in [3.05, 3.63) is 41.5 Å². The molecular weight excluding hydrogens is 334 g/mol. The van der Waals surface area contributed by atoms with E-state index in [1.54, 1.807) is 19.1 Å². The molecule has 1 heterocycles. The van der Waals surface area contributed by atoms with Crippen LogP contribution in [0.4, 0.5) is 8.78 Å². The first kappa shape index (κ1) is 17.3. The van der Waals surface area contributed by atoms with E-state index >= 15 is 4.39 Å². The van der Waals surface area contributed by atoms with Crippen LogP contribution < -0.4 is 4.74 Å². The highest BCUT2D eigenvalue weighted by Gasteiger charge is 2.29. The van der Waals surface area contributed by atoms with E-state index in [2.05, 4.69) is 6.92 Å². The first-order chi connectivity index (χ1) is 12.6. The topological polar surface area (TPSA) is 22.4 Å². The van der Waals surface area contributed by atoms with E-state index in [0.717, 1.165) is 19.3 Å². The normalized spacial score (nSPS) is 20.3. The Labute approximate surface area is 152 Å². The Bertz CT molecular complexity index is 944. The Morgan fingerprint density at radius 3 is 2.46 bits per heavy atom. The van der Waals surface area contributed by atoms with Crippen LogP contribution in [0.3, 0.4) is 0 Å². The number of ether oxygens (including phenoxy) is 1. The van der Waals surface area contributed by atoms with Crippen molar-refractivity contribution in [1.29, 1.82) is 0 Å². The molecule has 4 rings (SSSR count). The number of benzene rings is 2. The van der Waals surface area contributed by atoms with Crippen LogP contribution in [0.5, 0.6) is 5.75 Å². The SMILES string of the molecule is CCCC1CCC(c2ccc3c(oc4c(F)c(OCC)ccc43)c2F)C1. The summed E-state index contributed by atoms with van der Waals surface area (Å²) in [6, 6.07) is 7.04. The first-order valence-electron chi connectivity index (χ1n) is 9.59. The second-order valence-corrected chi connectivity index (χ2v) is 7.30. The molecule has 26 heavy (non-hydrogen) atoms. The summed E-state index contributed by atoms with van der Waals surface area (Å²) in [6.45, 7) is 4.35. The van der Waals surface area contributed by atoms with Crippen molar-refractivity contribution in [2.24, 2.45) is 5.92 Å². The fourth-order valence-corrected chi connectivity index (χ4v) is 4.45. The maximum absolute atomic E-state index is 15.2. The lowest BCUT2D eigenvalue weighted by Crippen LogP contribution is -1.99. The fourth-order valence-electron chi connectivity index (χ4n) is 4.45. The number of hydrogen-bond acceptors (Lipinski definition) is 2. The Morgan fingerprint density at radius 2 is 1.73 bits per heavy atom. The lowest BCUT2D eigenvalue weighted by Gasteiger charge is -2.12. The van der Waals surface area contributed by atoms with Gasteiger partial charge in [0.2, 0.25) is 5.82 Å². The van der Waals surface area contributed by atoms with Gasteiger partial charge in [-0.25, -0.2) is 4.39 Å². The quantitative estimate of drug-likeness (QED) is 0.492. The molecule has 0 spiro atoms. The van der Waals surface area contributed by atoms with Crippen LogP contribution in [-0.2, 0) is 0 Å². The summed E-state index contributed by atoms with van der Waals surface area (Å²) in [5, 5.41) is 1.20. The predicted molar refractivity (Wildman–Crippen MR) is 99.8 cm³/mol. The van der Waals surface area contributed by atoms with E-state index in [0.29, 0.717) is 28.9 Å². The van der Waals surface area contributed by atoms with E-state index in [1.807, 2.05) is 12.1 Å². The molecule has 2 atom stereocenters. The predicted octanol–water partition coefficient (Wildman–Crippen LogP) is 6.95. The van der Waals surface area contributed by atoms with E-state index < -0.39 is 5.82 Å². The molecule has 138 valence electrons. The molecule has 2 nitrogen and oxygen atoms in total. The second-order valence-electron chi connectivity index (χ2n) is 7.30. The Hall–Kier alpha value is -2.10. The van der Waals surface area contributed by atoms with Crippen molar-refractivity contribution in [2.45, 2.75) is 51.9 Å². The van der Waals surface area contributed by atoms with Gasteiger partial charge in [-0.15, -0.1) is 0 Å². The first-order valence-corrected chi connectivity index (χ1v) is 9.59. The van der Waals surface area contributed by atoms with Crippen LogP contribution >= 0.6 is 0 Å². The third kappa shape index (κ3) is 2.76. The molecule has 0 saturated heterocycles. The molecule has 2 aromatic carbocycles. The Balaban J connectivity index is 1.78. The van der Waals surface area contributed by atoms with Gasteiger partial charge >= 0.3 is 0 Å². The minimum atomic E-state index is -0.564. The zero-order valence-corrected chi connectivity index (χ0v) is 15.3. The monoisotopic (exact) mass is 358 g/mol. The van der Waals surface area contributed by atoms with E-state index in [4.69, 9.17) is 9.15 Å². The highest BCUT2D eigenvalue weighted by atomic mass is 19.1. The molecule has 0 bridgehead atoms. The molecule has 4 heteroatoms. The maximum atomic E-state index is 15.2. The highest BCUT2D eigenvalue weighted by Crippen LogP contribution is 2.43. The van der Waals surface area contributed by atoms with Gasteiger partial charge in [0.25, 0.3) is 0 Å². The van der Waals surface area contributed by atoms with Gasteiger partial charge in [-0.1, -0.05) is 25.8 Å². The summed E-state index contributed by atoms with van der Waals surface area (Å²) in [5.41, 5.74) is 0.932. The molecule has 2 unspecified atom stereocenters. The number of fused-ring (bicyclic) bond motifs is 3. The minimum absolute atomic E-state index is 0.0669. The van der Waals surface area contributed by atoms with Crippen LogP contribution in [0.2, 0.25) is 0 Å². The summed E-state index contributed by atoms with van der Waals surface area (Å²) in [4.78, 5) is 0. The van der Waals surface area contributed by atoms with Crippen LogP contribution in [-0.4, -0.2) is 6.61 Å². The van der Waals surface area contributed by atoms with Crippen LogP contribution in [0.1, 0.15) is 57.4 Å². The fraction of sp³-hybridized carbons (Fsp3) is 0.455. The van der Waals surface area contributed by atoms with Crippen LogP contribution in [0.25, 0.3) is 21.9 Å². The lowest BCUT2D eigenvalue weighted by atomic mass is 9.93. The largest absolute Gasteiger partial charge is 0.491 e. The molecule has 1 aliphatic carbocycles. The molecule has 3 aromatic rings. The summed E-state index contributed by atoms with van der Waals surface area (Å²) in [7, 11) is 0.